The number of nitrogens with zero attached hydrogens (tertiary/aromatic N) is 1. The van der Waals surface area contributed by atoms with E-state index in [4.69, 9.17) is 15.2 Å². The van der Waals surface area contributed by atoms with Gasteiger partial charge in [-0.2, -0.15) is 0 Å². The Morgan fingerprint density at radius 3 is 2.50 bits per heavy atom. The number of primary amides is 1. The van der Waals surface area contributed by atoms with Crippen LogP contribution in [0.3, 0.4) is 0 Å². The molecule has 3 N–H and O–H groups in total. The summed E-state index contributed by atoms with van der Waals surface area (Å²) in [6, 6.07) is 18.4. The first-order chi connectivity index (χ1) is 18.4. The molecule has 3 aliphatic rings. The molecule has 200 valence electrons. The van der Waals surface area contributed by atoms with E-state index < -0.39 is 17.4 Å². The zero-order chi connectivity index (χ0) is 26.4. The number of carbonyl (C=O) groups excluding carboxylic acids is 3. The van der Waals surface area contributed by atoms with Crippen molar-refractivity contribution in [2.75, 3.05) is 18.7 Å². The van der Waals surface area contributed by atoms with Crippen molar-refractivity contribution in [1.82, 2.24) is 4.90 Å². The van der Waals surface area contributed by atoms with E-state index in [9.17, 15) is 14.4 Å². The van der Waals surface area contributed by atoms with Gasteiger partial charge < -0.3 is 25.4 Å². The Kier molecular flexibility index (Phi) is 5.82. The SMILES string of the molecule is Cc1ccc(NC(=O)C2(c3ccc4c(c3)OCO4)CC2)cc1-c1ccc(C(=O)N2CCC[C@H]2C(N)=O)cc1.[HH].[HH].[HH]. The number of rotatable bonds is 6. The average molecular weight is 518 g/mol. The highest BCUT2D eigenvalue weighted by Crippen LogP contribution is 2.51. The van der Waals surface area contributed by atoms with Crippen LogP contribution in [0.2, 0.25) is 0 Å². The number of hydrogen-bond donors (Lipinski definition) is 2. The predicted molar refractivity (Wildman–Crippen MR) is 148 cm³/mol. The lowest BCUT2D eigenvalue weighted by atomic mass is 9.94. The Balaban J connectivity index is 0.00000154. The minimum Gasteiger partial charge on any atom is -0.454 e. The molecule has 8 heteroatoms. The molecule has 3 aromatic rings. The summed E-state index contributed by atoms with van der Waals surface area (Å²) in [5.41, 5.74) is 10.0. The van der Waals surface area contributed by atoms with E-state index in [0.717, 1.165) is 41.5 Å². The molecular weight excluding hydrogens is 482 g/mol. The molecule has 38 heavy (non-hydrogen) atoms. The van der Waals surface area contributed by atoms with Gasteiger partial charge in [-0.25, -0.2) is 0 Å². The maximum atomic E-state index is 13.4. The Morgan fingerprint density at radius 2 is 1.76 bits per heavy atom. The van der Waals surface area contributed by atoms with Crippen LogP contribution in [0.15, 0.2) is 60.7 Å². The number of hydrogen-bond acceptors (Lipinski definition) is 5. The Labute approximate surface area is 225 Å². The molecule has 1 atom stereocenters. The summed E-state index contributed by atoms with van der Waals surface area (Å²) in [5.74, 6) is 0.689. The molecule has 1 saturated heterocycles. The number of nitrogens with two attached hydrogens (primary N) is 1. The maximum Gasteiger partial charge on any atom is 0.254 e. The van der Waals surface area contributed by atoms with Gasteiger partial charge in [-0.1, -0.05) is 24.3 Å². The first-order valence-electron chi connectivity index (χ1n) is 12.9. The average Bonchev–Trinajstić information content (AvgIpc) is 3.35. The second-order valence-electron chi connectivity index (χ2n) is 10.3. The summed E-state index contributed by atoms with van der Waals surface area (Å²) in [4.78, 5) is 39.7. The molecule has 3 amide bonds. The number of likely N-dealkylation sites (tertiary alicyclic amines) is 1. The van der Waals surface area contributed by atoms with Crippen LogP contribution in [0.1, 0.15) is 51.4 Å². The summed E-state index contributed by atoms with van der Waals surface area (Å²) in [6.45, 7) is 2.74. The van der Waals surface area contributed by atoms with E-state index in [1.165, 1.54) is 0 Å². The van der Waals surface area contributed by atoms with Crippen molar-refractivity contribution in [3.05, 3.63) is 77.4 Å². The molecule has 0 radical (unpaired) electrons. The molecule has 0 spiro atoms. The van der Waals surface area contributed by atoms with Gasteiger partial charge in [0.25, 0.3) is 5.91 Å². The lowest BCUT2D eigenvalue weighted by molar-refractivity contribution is -0.121. The van der Waals surface area contributed by atoms with Crippen molar-refractivity contribution in [2.24, 2.45) is 5.73 Å². The van der Waals surface area contributed by atoms with Crippen LogP contribution in [0.5, 0.6) is 11.5 Å². The predicted octanol–water partition coefficient (Wildman–Crippen LogP) is 4.89. The van der Waals surface area contributed by atoms with Crippen molar-refractivity contribution in [3.63, 3.8) is 0 Å². The molecule has 0 unspecified atom stereocenters. The number of ether oxygens (including phenoxy) is 2. The minimum absolute atomic E-state index is 0. The quantitative estimate of drug-likeness (QED) is 0.484. The second-order valence-corrected chi connectivity index (χ2v) is 10.3. The monoisotopic (exact) mass is 517 g/mol. The van der Waals surface area contributed by atoms with E-state index in [0.29, 0.717) is 35.7 Å². The molecule has 1 aliphatic carbocycles. The summed E-state index contributed by atoms with van der Waals surface area (Å²) >= 11 is 0. The maximum absolute atomic E-state index is 13.4. The number of fused-ring (bicyclic) bond motifs is 1. The van der Waals surface area contributed by atoms with Gasteiger partial charge in [0, 0.05) is 22.1 Å². The molecule has 0 aromatic heterocycles. The van der Waals surface area contributed by atoms with Crippen molar-refractivity contribution in [3.8, 4) is 22.6 Å². The third-order valence-corrected chi connectivity index (χ3v) is 7.89. The van der Waals surface area contributed by atoms with Crippen LogP contribution < -0.4 is 20.5 Å². The van der Waals surface area contributed by atoms with Gasteiger partial charge in [-0.05, 0) is 91.3 Å². The fourth-order valence-corrected chi connectivity index (χ4v) is 5.49. The lowest BCUT2D eigenvalue weighted by Gasteiger charge is -2.22. The van der Waals surface area contributed by atoms with Crippen LogP contribution in [0.4, 0.5) is 5.69 Å². The van der Waals surface area contributed by atoms with E-state index in [1.807, 2.05) is 55.5 Å². The van der Waals surface area contributed by atoms with Crippen LogP contribution in [0, 0.1) is 6.92 Å². The van der Waals surface area contributed by atoms with Crippen molar-refractivity contribution in [2.45, 2.75) is 44.1 Å². The van der Waals surface area contributed by atoms with E-state index >= 15 is 0 Å². The largest absolute Gasteiger partial charge is 0.454 e. The molecule has 2 aliphatic heterocycles. The third-order valence-electron chi connectivity index (χ3n) is 7.89. The topological polar surface area (TPSA) is 111 Å². The van der Waals surface area contributed by atoms with Gasteiger partial charge in [0.1, 0.15) is 6.04 Å². The number of benzene rings is 3. The molecule has 0 bridgehead atoms. The normalized spacial score (nSPS) is 18.8. The fourth-order valence-electron chi connectivity index (χ4n) is 5.49. The zero-order valence-corrected chi connectivity index (χ0v) is 21.2. The lowest BCUT2D eigenvalue weighted by Crippen LogP contribution is -2.43. The fraction of sp³-hybridized carbons (Fsp3) is 0.300. The summed E-state index contributed by atoms with van der Waals surface area (Å²) in [5, 5.41) is 3.11. The van der Waals surface area contributed by atoms with Crippen molar-refractivity contribution < 1.29 is 28.1 Å². The van der Waals surface area contributed by atoms with Crippen LogP contribution in [0.25, 0.3) is 11.1 Å². The number of amides is 3. The molecule has 2 heterocycles. The highest BCUT2D eigenvalue weighted by molar-refractivity contribution is 6.02. The molecular formula is C30H35N3O5. The van der Waals surface area contributed by atoms with Gasteiger partial charge in [0.05, 0.1) is 5.41 Å². The number of nitrogens with one attached hydrogen (secondary N) is 1. The van der Waals surface area contributed by atoms with Gasteiger partial charge >= 0.3 is 0 Å². The molecule has 1 saturated carbocycles. The van der Waals surface area contributed by atoms with Crippen LogP contribution in [-0.2, 0) is 15.0 Å². The van der Waals surface area contributed by atoms with Gasteiger partial charge in [0.15, 0.2) is 11.5 Å². The Hall–Kier alpha value is -4.33. The minimum atomic E-state index is -0.563. The van der Waals surface area contributed by atoms with Gasteiger partial charge in [-0.3, -0.25) is 14.4 Å². The highest BCUT2D eigenvalue weighted by atomic mass is 16.7. The standard InChI is InChI=1S/C30H29N3O5.3H2/c1-18-4-10-22(32-29(36)30(12-13-30)21-9-11-25-26(15-21)38-17-37-25)16-23(18)19-5-7-20(8-6-19)28(35)33-14-2-3-24(33)27(31)34;;;/h4-11,15-16,24H,2-3,12-14,17H2,1H3,(H2,31,34)(H,32,36);3*1H/t24-;;;/m0.../s1. The second kappa shape index (κ2) is 9.20. The molecule has 8 nitrogen and oxygen atoms in total. The van der Waals surface area contributed by atoms with Crippen LogP contribution in [-0.4, -0.2) is 42.0 Å². The smallest absolute Gasteiger partial charge is 0.254 e. The number of anilines is 1. The summed E-state index contributed by atoms with van der Waals surface area (Å²) < 4.78 is 10.9. The Morgan fingerprint density at radius 1 is 1.00 bits per heavy atom. The first kappa shape index (κ1) is 24.0. The van der Waals surface area contributed by atoms with Gasteiger partial charge in [0.2, 0.25) is 18.6 Å². The van der Waals surface area contributed by atoms with E-state index in [2.05, 4.69) is 5.32 Å². The Bertz CT molecular complexity index is 1460. The van der Waals surface area contributed by atoms with Gasteiger partial charge in [-0.15, -0.1) is 0 Å². The third kappa shape index (κ3) is 4.16. The first-order valence-corrected chi connectivity index (χ1v) is 12.9. The number of carbonyl (C=O) groups is 3. The van der Waals surface area contributed by atoms with Crippen LogP contribution >= 0.6 is 0 Å². The molecule has 3 aromatic carbocycles. The van der Waals surface area contributed by atoms with E-state index in [1.54, 1.807) is 17.0 Å². The molecule has 6 rings (SSSR count). The van der Waals surface area contributed by atoms with Crippen molar-refractivity contribution >= 4 is 23.4 Å². The summed E-state index contributed by atoms with van der Waals surface area (Å²) in [6.07, 6.45) is 2.93. The van der Waals surface area contributed by atoms with Crippen molar-refractivity contribution in [1.29, 1.82) is 0 Å². The molecule has 2 fully saturated rings. The zero-order valence-electron chi connectivity index (χ0n) is 21.2. The highest BCUT2D eigenvalue weighted by Gasteiger charge is 2.51. The van der Waals surface area contributed by atoms with E-state index in [-0.39, 0.29) is 22.9 Å². The summed E-state index contributed by atoms with van der Waals surface area (Å²) in [7, 11) is 0. The number of aryl methyl sites for hydroxylation is 1.